The first kappa shape index (κ1) is 22.5. The van der Waals surface area contributed by atoms with Crippen molar-refractivity contribution in [1.29, 1.82) is 0 Å². The third-order valence-electron chi connectivity index (χ3n) is 6.26. The van der Waals surface area contributed by atoms with Crippen LogP contribution in [0.1, 0.15) is 31.7 Å². The largest absolute Gasteiger partial charge is 0.383 e. The summed E-state index contributed by atoms with van der Waals surface area (Å²) in [7, 11) is 1.63. The average Bonchev–Trinajstić information content (AvgIpc) is 2.89. The number of piperidine rings is 1. The molecule has 1 unspecified atom stereocenters. The predicted octanol–water partition coefficient (Wildman–Crippen LogP) is 2.25. The van der Waals surface area contributed by atoms with Gasteiger partial charge in [0.1, 0.15) is 0 Å². The molecule has 1 atom stereocenters. The molecule has 0 saturated carbocycles. The normalized spacial score (nSPS) is 20.2. The smallest absolute Gasteiger partial charge is 0.234 e. The third kappa shape index (κ3) is 5.92. The first-order valence-electron chi connectivity index (χ1n) is 11.0. The summed E-state index contributed by atoms with van der Waals surface area (Å²) in [5.74, 6) is 0.299. The molecule has 2 aliphatic rings. The van der Waals surface area contributed by atoms with E-state index in [2.05, 4.69) is 34.5 Å². The Hall–Kier alpha value is -2.18. The minimum absolute atomic E-state index is 0.00498. The van der Waals surface area contributed by atoms with E-state index in [1.807, 2.05) is 30.0 Å². The molecule has 30 heavy (non-hydrogen) atoms. The molecule has 164 valence electrons. The van der Waals surface area contributed by atoms with Gasteiger partial charge in [-0.05, 0) is 51.3 Å². The number of ether oxygens (including phenoxy) is 1. The van der Waals surface area contributed by atoms with Crippen LogP contribution in [0.2, 0.25) is 0 Å². The Balaban J connectivity index is 1.53. The Bertz CT molecular complexity index is 726. The monoisotopic (exact) mass is 413 g/mol. The van der Waals surface area contributed by atoms with Crippen molar-refractivity contribution in [3.8, 4) is 0 Å². The summed E-state index contributed by atoms with van der Waals surface area (Å²) in [4.78, 5) is 29.9. The summed E-state index contributed by atoms with van der Waals surface area (Å²) in [5, 5.41) is 2.97. The zero-order valence-corrected chi connectivity index (χ0v) is 18.3. The van der Waals surface area contributed by atoms with Crippen LogP contribution in [0.4, 0.5) is 0 Å². The summed E-state index contributed by atoms with van der Waals surface area (Å²) in [6, 6.07) is 10.3. The van der Waals surface area contributed by atoms with Gasteiger partial charge in [-0.2, -0.15) is 0 Å². The summed E-state index contributed by atoms with van der Waals surface area (Å²) in [6.45, 7) is 5.82. The number of nitrogens with zero attached hydrogens (tertiary/aromatic N) is 2. The highest BCUT2D eigenvalue weighted by Crippen LogP contribution is 2.38. The fourth-order valence-electron chi connectivity index (χ4n) is 4.49. The van der Waals surface area contributed by atoms with Gasteiger partial charge in [-0.15, -0.1) is 0 Å². The van der Waals surface area contributed by atoms with E-state index in [-0.39, 0.29) is 23.3 Å². The summed E-state index contributed by atoms with van der Waals surface area (Å²) >= 11 is 0. The number of hydrogen-bond acceptors (Lipinski definition) is 4. The first-order chi connectivity index (χ1) is 14.5. The number of benzene rings is 1. The molecule has 1 aromatic rings. The minimum atomic E-state index is -0.319. The van der Waals surface area contributed by atoms with Crippen molar-refractivity contribution in [2.75, 3.05) is 46.4 Å². The highest BCUT2D eigenvalue weighted by Gasteiger charge is 2.43. The maximum atomic E-state index is 13.5. The molecule has 0 radical (unpaired) electrons. The van der Waals surface area contributed by atoms with Gasteiger partial charge < -0.3 is 15.0 Å². The van der Waals surface area contributed by atoms with E-state index >= 15 is 0 Å². The lowest BCUT2D eigenvalue weighted by atomic mass is 9.74. The van der Waals surface area contributed by atoms with Crippen LogP contribution in [-0.2, 0) is 20.7 Å². The van der Waals surface area contributed by atoms with E-state index in [0.717, 1.165) is 45.3 Å². The third-order valence-corrected chi connectivity index (χ3v) is 6.26. The van der Waals surface area contributed by atoms with Crippen molar-refractivity contribution in [3.05, 3.63) is 48.0 Å². The molecular weight excluding hydrogens is 378 g/mol. The molecule has 1 N–H and O–H groups in total. The lowest BCUT2D eigenvalue weighted by molar-refractivity contribution is -0.144. The maximum Gasteiger partial charge on any atom is 0.234 e. The second-order valence-corrected chi connectivity index (χ2v) is 8.64. The lowest BCUT2D eigenvalue weighted by Crippen LogP contribution is -2.52. The number of rotatable bonds is 8. The van der Waals surface area contributed by atoms with Gasteiger partial charge in [-0.3, -0.25) is 14.5 Å². The van der Waals surface area contributed by atoms with Crippen molar-refractivity contribution in [2.24, 2.45) is 5.41 Å². The molecule has 2 amide bonds. The molecule has 0 bridgehead atoms. The second kappa shape index (κ2) is 10.7. The zero-order valence-electron chi connectivity index (χ0n) is 18.3. The topological polar surface area (TPSA) is 61.9 Å². The first-order valence-corrected chi connectivity index (χ1v) is 11.0. The Morgan fingerprint density at radius 1 is 1.20 bits per heavy atom. The van der Waals surface area contributed by atoms with Gasteiger partial charge in [-0.25, -0.2) is 0 Å². The highest BCUT2D eigenvalue weighted by molar-refractivity contribution is 5.84. The van der Waals surface area contributed by atoms with E-state index in [4.69, 9.17) is 4.74 Å². The van der Waals surface area contributed by atoms with Crippen molar-refractivity contribution < 1.29 is 14.3 Å². The molecule has 1 aromatic carbocycles. The van der Waals surface area contributed by atoms with E-state index in [1.54, 1.807) is 7.11 Å². The molecule has 0 aromatic heterocycles. The van der Waals surface area contributed by atoms with Crippen LogP contribution in [0.15, 0.2) is 42.5 Å². The van der Waals surface area contributed by atoms with Gasteiger partial charge in [0.25, 0.3) is 0 Å². The van der Waals surface area contributed by atoms with Gasteiger partial charge in [0.15, 0.2) is 0 Å². The molecule has 2 aliphatic heterocycles. The Kier molecular flexibility index (Phi) is 8.05. The van der Waals surface area contributed by atoms with Crippen LogP contribution in [0.5, 0.6) is 0 Å². The summed E-state index contributed by atoms with van der Waals surface area (Å²) < 4.78 is 5.07. The van der Waals surface area contributed by atoms with Crippen LogP contribution >= 0.6 is 0 Å². The van der Waals surface area contributed by atoms with Crippen molar-refractivity contribution >= 4 is 11.8 Å². The number of allylic oxidation sites excluding steroid dienone is 1. The number of likely N-dealkylation sites (tertiary alicyclic amines) is 1. The van der Waals surface area contributed by atoms with E-state index in [9.17, 15) is 9.59 Å². The number of methoxy groups -OCH3 is 1. The van der Waals surface area contributed by atoms with Crippen molar-refractivity contribution in [2.45, 2.75) is 38.6 Å². The van der Waals surface area contributed by atoms with Crippen LogP contribution in [0.3, 0.4) is 0 Å². The zero-order chi connectivity index (χ0) is 21.4. The molecule has 0 aliphatic carbocycles. The van der Waals surface area contributed by atoms with E-state index in [1.165, 1.54) is 5.56 Å². The van der Waals surface area contributed by atoms with Gasteiger partial charge >= 0.3 is 0 Å². The molecule has 6 heteroatoms. The van der Waals surface area contributed by atoms with Crippen LogP contribution < -0.4 is 5.32 Å². The maximum absolute atomic E-state index is 13.5. The Morgan fingerprint density at radius 3 is 2.63 bits per heavy atom. The van der Waals surface area contributed by atoms with Crippen LogP contribution in [0.25, 0.3) is 0 Å². The highest BCUT2D eigenvalue weighted by atomic mass is 16.5. The number of amides is 2. The molecular formula is C24H35N3O3. The van der Waals surface area contributed by atoms with Crippen molar-refractivity contribution in [3.63, 3.8) is 0 Å². The quantitative estimate of drug-likeness (QED) is 0.664. The number of nitrogens with one attached hydrogen (secondary N) is 1. The summed E-state index contributed by atoms with van der Waals surface area (Å²) in [5.41, 5.74) is 0.941. The van der Waals surface area contributed by atoms with Gasteiger partial charge in [0.2, 0.25) is 11.8 Å². The predicted molar refractivity (Wildman–Crippen MR) is 118 cm³/mol. The van der Waals surface area contributed by atoms with Crippen molar-refractivity contribution in [1.82, 2.24) is 15.1 Å². The molecule has 1 saturated heterocycles. The Morgan fingerprint density at radius 2 is 1.93 bits per heavy atom. The minimum Gasteiger partial charge on any atom is -0.383 e. The molecule has 1 spiro atoms. The van der Waals surface area contributed by atoms with Gasteiger partial charge in [-0.1, -0.05) is 42.5 Å². The van der Waals surface area contributed by atoms with Gasteiger partial charge in [0.05, 0.1) is 18.6 Å². The number of carbonyl (C=O) groups is 2. The van der Waals surface area contributed by atoms with E-state index in [0.29, 0.717) is 19.7 Å². The second-order valence-electron chi connectivity index (χ2n) is 8.64. The lowest BCUT2D eigenvalue weighted by Gasteiger charge is -2.41. The van der Waals surface area contributed by atoms with Crippen LogP contribution in [0, 0.1) is 5.41 Å². The Labute approximate surface area is 180 Å². The average molecular weight is 414 g/mol. The van der Waals surface area contributed by atoms with E-state index < -0.39 is 0 Å². The molecule has 2 heterocycles. The fourth-order valence-corrected chi connectivity index (χ4v) is 4.49. The summed E-state index contributed by atoms with van der Waals surface area (Å²) in [6.07, 6.45) is 7.60. The molecule has 6 nitrogen and oxygen atoms in total. The fraction of sp³-hybridized carbons (Fsp3) is 0.583. The van der Waals surface area contributed by atoms with Crippen LogP contribution in [-0.4, -0.2) is 74.1 Å². The van der Waals surface area contributed by atoms with Gasteiger partial charge in [0, 0.05) is 26.2 Å². The molecule has 3 rings (SSSR count). The number of hydrogen-bond donors (Lipinski definition) is 1. The standard InChI is InChI=1S/C24H35N3O3/c1-20(19-30-2)25-22(28)18-26-16-12-24(13-17-26)11-6-7-14-27(23(24)29)15-10-21-8-4-3-5-9-21/h3-9,20H,10-19H2,1-2H3,(H,25,28). The number of carbonyl (C=O) groups excluding carboxylic acids is 2. The SMILES string of the molecule is COCC(C)NC(=O)CN1CCC2(CC=CCN(CCc3ccccc3)C2=O)CC1. The molecule has 1 fully saturated rings.